The minimum absolute atomic E-state index is 0.0364. The summed E-state index contributed by atoms with van der Waals surface area (Å²) in [4.78, 5) is 25.6. The molecule has 1 saturated carbocycles. The third kappa shape index (κ3) is 10.1. The summed E-state index contributed by atoms with van der Waals surface area (Å²) < 4.78 is 35.1. The van der Waals surface area contributed by atoms with Crippen molar-refractivity contribution in [2.24, 2.45) is 10.8 Å². The van der Waals surface area contributed by atoms with Crippen LogP contribution < -0.4 is 16.1 Å². The third-order valence-corrected chi connectivity index (χ3v) is 7.34. The molecule has 2 aliphatic rings. The Balaban J connectivity index is 0.000000318. The fourth-order valence-electron chi connectivity index (χ4n) is 3.49. The summed E-state index contributed by atoms with van der Waals surface area (Å²) in [5, 5.41) is 7.74. The Morgan fingerprint density at radius 3 is 2.16 bits per heavy atom. The van der Waals surface area contributed by atoms with Crippen LogP contribution in [0.5, 0.6) is 0 Å². The minimum Gasteiger partial charge on any atom is -0.343 e. The number of anilines is 1. The zero-order valence-electron chi connectivity index (χ0n) is 21.7. The molecule has 11 heteroatoms. The number of hydrazone groups is 1. The summed E-state index contributed by atoms with van der Waals surface area (Å²) in [7, 11) is -3.04. The van der Waals surface area contributed by atoms with Gasteiger partial charge in [-0.05, 0) is 67.3 Å². The van der Waals surface area contributed by atoms with Gasteiger partial charge in [0.05, 0.1) is 23.7 Å². The number of amides is 2. The van der Waals surface area contributed by atoms with Crippen molar-refractivity contribution in [1.29, 1.82) is 0 Å². The molecule has 0 radical (unpaired) electrons. The predicted octanol–water partition coefficient (Wildman–Crippen LogP) is 2.91. The van der Waals surface area contributed by atoms with E-state index in [4.69, 9.17) is 5.73 Å². The number of benzene rings is 2. The van der Waals surface area contributed by atoms with Crippen LogP contribution in [0, 0.1) is 5.82 Å². The fraction of sp³-hybridized carbons (Fsp3) is 0.370. The van der Waals surface area contributed by atoms with Gasteiger partial charge in [-0.3, -0.25) is 9.59 Å². The minimum atomic E-state index is -3.04. The topological polar surface area (TPSA) is 125 Å². The van der Waals surface area contributed by atoms with Crippen molar-refractivity contribution in [2.45, 2.75) is 25.7 Å². The van der Waals surface area contributed by atoms with Crippen LogP contribution in [0.3, 0.4) is 0 Å². The molecule has 0 bridgehead atoms. The van der Waals surface area contributed by atoms with Gasteiger partial charge in [0.1, 0.15) is 5.82 Å². The first kappa shape index (κ1) is 30.7. The molecule has 9 nitrogen and oxygen atoms in total. The number of nitrogens with two attached hydrogens (primary N) is 1. The molecule has 1 aliphatic heterocycles. The fourth-order valence-corrected chi connectivity index (χ4v) is 4.69. The Morgan fingerprint density at radius 2 is 1.68 bits per heavy atom. The zero-order chi connectivity index (χ0) is 28.1. The highest BCUT2D eigenvalue weighted by molar-refractivity contribution is 7.91. The predicted molar refractivity (Wildman–Crippen MR) is 149 cm³/mol. The normalized spacial score (nSPS) is 15.5. The van der Waals surface area contributed by atoms with E-state index in [1.807, 2.05) is 19.1 Å². The number of halogens is 1. The quantitative estimate of drug-likeness (QED) is 0.407. The Labute approximate surface area is 224 Å². The number of nitrogens with one attached hydrogen (secondary N) is 1. The summed E-state index contributed by atoms with van der Waals surface area (Å²) in [6.45, 7) is 9.82. The second kappa shape index (κ2) is 15.0. The van der Waals surface area contributed by atoms with Gasteiger partial charge >= 0.3 is 0 Å². The molecular weight excluding hydrogens is 509 g/mol. The van der Waals surface area contributed by atoms with Crippen molar-refractivity contribution in [3.8, 4) is 0 Å². The molecule has 1 heterocycles. The summed E-state index contributed by atoms with van der Waals surface area (Å²) in [5.74, 6) is -0.156. The zero-order valence-corrected chi connectivity index (χ0v) is 22.5. The van der Waals surface area contributed by atoms with E-state index in [-0.39, 0.29) is 48.8 Å². The van der Waals surface area contributed by atoms with E-state index in [0.29, 0.717) is 11.3 Å². The average molecular weight is 546 g/mol. The van der Waals surface area contributed by atoms with Crippen LogP contribution in [0.15, 0.2) is 66.4 Å². The first-order valence-corrected chi connectivity index (χ1v) is 14.2. The second-order valence-corrected chi connectivity index (χ2v) is 11.0. The first-order chi connectivity index (χ1) is 18.1. The Kier molecular flexibility index (Phi) is 12.1. The van der Waals surface area contributed by atoms with Crippen molar-refractivity contribution in [3.63, 3.8) is 0 Å². The number of rotatable bonds is 7. The smallest absolute Gasteiger partial charge is 0.251 e. The molecule has 4 rings (SSSR count). The lowest BCUT2D eigenvalue weighted by Gasteiger charge is -2.26. The lowest BCUT2D eigenvalue weighted by molar-refractivity contribution is -0.129. The van der Waals surface area contributed by atoms with Gasteiger partial charge in [0.15, 0.2) is 9.84 Å². The molecule has 2 aromatic carbocycles. The Hall–Kier alpha value is -3.57. The number of carbonyl (C=O) groups excluding carboxylic acids is 2. The second-order valence-electron chi connectivity index (χ2n) is 8.66. The molecular formula is C27H36FN5O4S. The Morgan fingerprint density at radius 1 is 1.13 bits per heavy atom. The molecule has 2 aromatic rings. The molecule has 2 fully saturated rings. The van der Waals surface area contributed by atoms with Crippen LogP contribution in [0.1, 0.15) is 41.6 Å². The van der Waals surface area contributed by atoms with Gasteiger partial charge < -0.3 is 16.0 Å². The molecule has 0 atom stereocenters. The van der Waals surface area contributed by atoms with Crippen LogP contribution in [-0.2, 0) is 14.6 Å². The van der Waals surface area contributed by atoms with Crippen LogP contribution in [0.2, 0.25) is 0 Å². The first-order valence-electron chi connectivity index (χ1n) is 12.3. The van der Waals surface area contributed by atoms with Gasteiger partial charge in [-0.1, -0.05) is 25.6 Å². The molecule has 0 aromatic heterocycles. The highest BCUT2D eigenvalue weighted by Crippen LogP contribution is 2.39. The number of hydrogen-bond donors (Lipinski definition) is 2. The largest absolute Gasteiger partial charge is 0.343 e. The molecule has 38 heavy (non-hydrogen) atoms. The van der Waals surface area contributed by atoms with Gasteiger partial charge in [-0.15, -0.1) is 0 Å². The van der Waals surface area contributed by atoms with Crippen molar-refractivity contribution >= 4 is 34.1 Å². The summed E-state index contributed by atoms with van der Waals surface area (Å²) in [6.07, 6.45) is 4.05. The van der Waals surface area contributed by atoms with Crippen molar-refractivity contribution in [2.75, 3.05) is 42.7 Å². The van der Waals surface area contributed by atoms with Crippen molar-refractivity contribution in [3.05, 3.63) is 78.3 Å². The van der Waals surface area contributed by atoms with Gasteiger partial charge in [-0.2, -0.15) is 5.10 Å². The van der Waals surface area contributed by atoms with Gasteiger partial charge in [0.25, 0.3) is 5.91 Å². The van der Waals surface area contributed by atoms with Crippen LogP contribution in [0.25, 0.3) is 0 Å². The van der Waals surface area contributed by atoms with Crippen molar-refractivity contribution in [1.82, 2.24) is 10.2 Å². The van der Waals surface area contributed by atoms with Gasteiger partial charge in [0.2, 0.25) is 5.91 Å². The van der Waals surface area contributed by atoms with E-state index in [0.717, 1.165) is 12.5 Å². The van der Waals surface area contributed by atoms with Crippen LogP contribution in [0.4, 0.5) is 10.1 Å². The summed E-state index contributed by atoms with van der Waals surface area (Å²) in [6, 6.07) is 13.4. The summed E-state index contributed by atoms with van der Waals surface area (Å²) >= 11 is 0. The maximum atomic E-state index is 12.4. The molecule has 3 N–H and O–H groups in total. The van der Waals surface area contributed by atoms with E-state index < -0.39 is 9.84 Å². The van der Waals surface area contributed by atoms with Crippen LogP contribution in [-0.4, -0.2) is 69.5 Å². The third-order valence-electron chi connectivity index (χ3n) is 5.74. The number of nitrogens with zero attached hydrogens (tertiary/aromatic N) is 3. The highest BCUT2D eigenvalue weighted by Gasteiger charge is 2.25. The number of carbonyl (C=O) groups is 2. The molecule has 0 spiro atoms. The molecule has 1 aliphatic carbocycles. The average Bonchev–Trinajstić information content (AvgIpc) is 3.75. The maximum absolute atomic E-state index is 12.4. The molecule has 206 valence electrons. The highest BCUT2D eigenvalue weighted by atomic mass is 32.2. The standard InChI is InChI=1S/C16H20N4O4S.C9H9F.C2H7N/c1-3-20(17-2)14-6-4-13(5-7-14)16(22)18-12-15(21)19-8-10-25(23,24)11-9-19;10-9-5-3-8(4-6-9)7-1-2-7;1-2-3/h3-7H,1-2,8-12H2,(H,18,22);3-7H,1-2H2;2-3H2,1H3. The molecule has 2 amide bonds. The van der Waals surface area contributed by atoms with Crippen LogP contribution >= 0.6 is 0 Å². The lowest BCUT2D eigenvalue weighted by atomic mass is 10.1. The van der Waals surface area contributed by atoms with E-state index >= 15 is 0 Å². The molecule has 0 unspecified atom stereocenters. The molecule has 1 saturated heterocycles. The number of hydrogen-bond acceptors (Lipinski definition) is 7. The van der Waals surface area contributed by atoms with Gasteiger partial charge in [0, 0.05) is 31.6 Å². The Bertz CT molecular complexity index is 1160. The van der Waals surface area contributed by atoms with E-state index in [9.17, 15) is 22.4 Å². The lowest BCUT2D eigenvalue weighted by Crippen LogP contribution is -2.47. The van der Waals surface area contributed by atoms with Gasteiger partial charge in [-0.25, -0.2) is 17.8 Å². The van der Waals surface area contributed by atoms with E-state index in [1.165, 1.54) is 46.6 Å². The van der Waals surface area contributed by atoms with E-state index in [1.54, 1.807) is 24.3 Å². The maximum Gasteiger partial charge on any atom is 0.251 e. The van der Waals surface area contributed by atoms with Crippen molar-refractivity contribution < 1.29 is 22.4 Å². The monoisotopic (exact) mass is 545 g/mol. The number of sulfone groups is 1. The summed E-state index contributed by atoms with van der Waals surface area (Å²) in [5.41, 5.74) is 7.24. The SMILES string of the molecule is C=CN(N=C)c1ccc(C(=O)NCC(=O)N2CCS(=O)(=O)CC2)cc1.CCN.Fc1ccc(C2CC2)cc1. The van der Waals surface area contributed by atoms with E-state index in [2.05, 4.69) is 23.7 Å².